The maximum Gasteiger partial charge on any atom is 0.410 e. The van der Waals surface area contributed by atoms with Crippen LogP contribution in [-0.2, 0) is 4.74 Å². The molecule has 19 heavy (non-hydrogen) atoms. The number of carbonyl (C=O) groups excluding carboxylic acids is 1. The van der Waals surface area contributed by atoms with Gasteiger partial charge in [0.2, 0.25) is 0 Å². The normalized spacial score (nSPS) is 23.6. The number of nitrogens with one attached hydrogen (secondary N) is 1. The summed E-state index contributed by atoms with van der Waals surface area (Å²) < 4.78 is 5.35. The highest BCUT2D eigenvalue weighted by Gasteiger charge is 2.38. The van der Waals surface area contributed by atoms with Gasteiger partial charge in [0.05, 0.1) is 12.6 Å². The Balaban J connectivity index is 2.70. The van der Waals surface area contributed by atoms with Crippen molar-refractivity contribution >= 4 is 6.09 Å². The van der Waals surface area contributed by atoms with Gasteiger partial charge < -0.3 is 9.64 Å². The number of hydrogen-bond acceptors (Lipinski definition) is 4. The lowest BCUT2D eigenvalue weighted by Crippen LogP contribution is -2.58. The van der Waals surface area contributed by atoms with E-state index >= 15 is 0 Å². The Morgan fingerprint density at radius 3 is 2.84 bits per heavy atom. The third-order valence-corrected chi connectivity index (χ3v) is 2.94. The fourth-order valence-electron chi connectivity index (χ4n) is 2.08. The van der Waals surface area contributed by atoms with Crippen molar-refractivity contribution in [2.24, 2.45) is 0 Å². The van der Waals surface area contributed by atoms with Crippen LogP contribution in [0.25, 0.3) is 0 Å². The van der Waals surface area contributed by atoms with Gasteiger partial charge in [0, 0.05) is 13.1 Å². The summed E-state index contributed by atoms with van der Waals surface area (Å²) in [5.41, 5.74) is -1.21. The topological polar surface area (TPSA) is 65.4 Å². The van der Waals surface area contributed by atoms with Crippen molar-refractivity contribution in [3.8, 4) is 6.07 Å². The average molecular weight is 265 g/mol. The molecule has 0 aromatic carbocycles. The van der Waals surface area contributed by atoms with E-state index in [2.05, 4.69) is 18.0 Å². The fraction of sp³-hybridized carbons (Fsp3) is 0.714. The van der Waals surface area contributed by atoms with Crippen LogP contribution in [0.2, 0.25) is 0 Å². The molecule has 1 unspecified atom stereocenters. The second-order valence-corrected chi connectivity index (χ2v) is 5.87. The van der Waals surface area contributed by atoms with Crippen molar-refractivity contribution in [1.82, 2.24) is 10.2 Å². The van der Waals surface area contributed by atoms with Crippen LogP contribution in [0.15, 0.2) is 12.7 Å². The molecule has 0 aromatic rings. The highest BCUT2D eigenvalue weighted by atomic mass is 16.6. The van der Waals surface area contributed by atoms with Gasteiger partial charge in [-0.1, -0.05) is 6.08 Å². The molecule has 0 radical (unpaired) electrons. The van der Waals surface area contributed by atoms with Crippen LogP contribution in [0, 0.1) is 11.3 Å². The monoisotopic (exact) mass is 265 g/mol. The lowest BCUT2D eigenvalue weighted by atomic mass is 9.90. The first-order valence-corrected chi connectivity index (χ1v) is 6.57. The summed E-state index contributed by atoms with van der Waals surface area (Å²) in [4.78, 5) is 13.6. The van der Waals surface area contributed by atoms with E-state index in [-0.39, 0.29) is 6.09 Å². The minimum atomic E-state index is -0.691. The highest BCUT2D eigenvalue weighted by Crippen LogP contribution is 2.22. The molecule has 5 heteroatoms. The van der Waals surface area contributed by atoms with Gasteiger partial charge in [0.15, 0.2) is 0 Å². The minimum absolute atomic E-state index is 0.353. The van der Waals surface area contributed by atoms with Crippen LogP contribution in [0.1, 0.15) is 33.6 Å². The Bertz CT molecular complexity index is 381. The number of nitrogens with zero attached hydrogens (tertiary/aromatic N) is 2. The van der Waals surface area contributed by atoms with E-state index in [9.17, 15) is 10.1 Å². The highest BCUT2D eigenvalue weighted by molar-refractivity contribution is 5.68. The molecular formula is C14H23N3O2. The molecule has 5 nitrogen and oxygen atoms in total. The Morgan fingerprint density at radius 1 is 1.63 bits per heavy atom. The number of carbonyl (C=O) groups is 1. The van der Waals surface area contributed by atoms with E-state index in [4.69, 9.17) is 4.74 Å². The van der Waals surface area contributed by atoms with Crippen LogP contribution in [-0.4, -0.2) is 41.8 Å². The first-order valence-electron chi connectivity index (χ1n) is 6.57. The molecule has 0 bridgehead atoms. The second kappa shape index (κ2) is 6.07. The predicted octanol–water partition coefficient (Wildman–Crippen LogP) is 2.06. The van der Waals surface area contributed by atoms with Gasteiger partial charge in [-0.05, 0) is 33.6 Å². The molecule has 1 amide bonds. The van der Waals surface area contributed by atoms with E-state index in [0.29, 0.717) is 19.6 Å². The van der Waals surface area contributed by atoms with Gasteiger partial charge in [-0.3, -0.25) is 5.32 Å². The summed E-state index contributed by atoms with van der Waals surface area (Å²) in [6.45, 7) is 10.7. The Labute approximate surface area is 115 Å². The molecule has 1 N–H and O–H groups in total. The molecule has 0 aliphatic carbocycles. The number of rotatable bonds is 3. The first-order chi connectivity index (χ1) is 8.82. The summed E-state index contributed by atoms with van der Waals surface area (Å²) in [6, 6.07) is 2.29. The summed E-state index contributed by atoms with van der Waals surface area (Å²) >= 11 is 0. The third-order valence-electron chi connectivity index (χ3n) is 2.94. The third kappa shape index (κ3) is 4.56. The molecular weight excluding hydrogens is 242 g/mol. The molecule has 0 aromatic heterocycles. The maximum atomic E-state index is 12.0. The lowest BCUT2D eigenvalue weighted by Gasteiger charge is -2.39. The van der Waals surface area contributed by atoms with Crippen molar-refractivity contribution in [3.63, 3.8) is 0 Å². The van der Waals surface area contributed by atoms with Gasteiger partial charge in [-0.15, -0.1) is 6.58 Å². The second-order valence-electron chi connectivity index (χ2n) is 5.87. The fourth-order valence-corrected chi connectivity index (χ4v) is 2.08. The molecule has 1 rings (SSSR count). The zero-order valence-corrected chi connectivity index (χ0v) is 12.0. The SMILES string of the molecule is C=CCNC1(C#N)CCCN(C(=O)OC(C)(C)C)C1. The first kappa shape index (κ1) is 15.5. The van der Waals surface area contributed by atoms with Gasteiger partial charge in [-0.25, -0.2) is 4.79 Å². The number of hydrogen-bond donors (Lipinski definition) is 1. The molecule has 0 saturated carbocycles. The number of amides is 1. The summed E-state index contributed by atoms with van der Waals surface area (Å²) in [7, 11) is 0. The van der Waals surface area contributed by atoms with E-state index in [1.807, 2.05) is 20.8 Å². The van der Waals surface area contributed by atoms with Crippen LogP contribution < -0.4 is 5.32 Å². The van der Waals surface area contributed by atoms with E-state index in [0.717, 1.165) is 12.8 Å². The van der Waals surface area contributed by atoms with Crippen LogP contribution in [0.5, 0.6) is 0 Å². The lowest BCUT2D eigenvalue weighted by molar-refractivity contribution is 0.0153. The standard InChI is InChI=1S/C14H23N3O2/c1-5-8-16-14(10-15)7-6-9-17(11-14)12(18)19-13(2,3)4/h5,16H,1,6-9,11H2,2-4H3. The van der Waals surface area contributed by atoms with Gasteiger partial charge in [-0.2, -0.15) is 5.26 Å². The van der Waals surface area contributed by atoms with Crippen LogP contribution in [0.3, 0.4) is 0 Å². The van der Waals surface area contributed by atoms with Crippen LogP contribution in [0.4, 0.5) is 4.79 Å². The number of ether oxygens (including phenoxy) is 1. The molecule has 1 heterocycles. The molecule has 1 aliphatic heterocycles. The molecule has 1 atom stereocenters. The largest absolute Gasteiger partial charge is 0.444 e. The molecule has 1 saturated heterocycles. The minimum Gasteiger partial charge on any atom is -0.444 e. The maximum absolute atomic E-state index is 12.0. The van der Waals surface area contributed by atoms with Crippen LogP contribution >= 0.6 is 0 Å². The van der Waals surface area contributed by atoms with Gasteiger partial charge in [0.1, 0.15) is 11.1 Å². The summed E-state index contributed by atoms with van der Waals surface area (Å²) in [5.74, 6) is 0. The van der Waals surface area contributed by atoms with E-state index < -0.39 is 11.1 Å². The molecule has 0 spiro atoms. The number of piperidine rings is 1. The summed E-state index contributed by atoms with van der Waals surface area (Å²) in [5, 5.41) is 12.5. The van der Waals surface area contributed by atoms with E-state index in [1.165, 1.54) is 0 Å². The van der Waals surface area contributed by atoms with Gasteiger partial charge in [0.25, 0.3) is 0 Å². The Morgan fingerprint density at radius 2 is 2.32 bits per heavy atom. The Kier molecular flexibility index (Phi) is 4.96. The van der Waals surface area contributed by atoms with Crippen molar-refractivity contribution in [2.75, 3.05) is 19.6 Å². The molecule has 106 valence electrons. The van der Waals surface area contributed by atoms with Crippen molar-refractivity contribution in [2.45, 2.75) is 44.8 Å². The number of likely N-dealkylation sites (tertiary alicyclic amines) is 1. The number of nitriles is 1. The molecule has 1 aliphatic rings. The summed E-state index contributed by atoms with van der Waals surface area (Å²) in [6.07, 6.45) is 2.88. The van der Waals surface area contributed by atoms with E-state index in [1.54, 1.807) is 11.0 Å². The smallest absolute Gasteiger partial charge is 0.410 e. The van der Waals surface area contributed by atoms with Crippen molar-refractivity contribution < 1.29 is 9.53 Å². The van der Waals surface area contributed by atoms with Gasteiger partial charge >= 0.3 is 6.09 Å². The molecule has 1 fully saturated rings. The quantitative estimate of drug-likeness (QED) is 0.793. The van der Waals surface area contributed by atoms with Crippen molar-refractivity contribution in [3.05, 3.63) is 12.7 Å². The Hall–Kier alpha value is -1.54. The average Bonchev–Trinajstić information content (AvgIpc) is 2.34. The van der Waals surface area contributed by atoms with Crippen molar-refractivity contribution in [1.29, 1.82) is 5.26 Å². The predicted molar refractivity (Wildman–Crippen MR) is 73.6 cm³/mol. The zero-order valence-electron chi connectivity index (χ0n) is 12.0. The zero-order chi connectivity index (χ0) is 14.5.